The molecule has 0 aliphatic heterocycles. The highest BCUT2D eigenvalue weighted by Crippen LogP contribution is 2.25. The number of methoxy groups -OCH3 is 1. The van der Waals surface area contributed by atoms with Crippen molar-refractivity contribution in [2.75, 3.05) is 13.7 Å². The summed E-state index contributed by atoms with van der Waals surface area (Å²) < 4.78 is 5.21. The average Bonchev–Trinajstić information content (AvgIpc) is 3.16. The fourth-order valence-electron chi connectivity index (χ4n) is 2.60. The number of rotatable bonds is 6. The maximum Gasteiger partial charge on any atom is 0.255 e. The lowest BCUT2D eigenvalue weighted by atomic mass is 10.1. The van der Waals surface area contributed by atoms with Gasteiger partial charge in [-0.3, -0.25) is 9.89 Å². The largest absolute Gasteiger partial charge is 0.497 e. The van der Waals surface area contributed by atoms with Crippen molar-refractivity contribution in [1.29, 1.82) is 0 Å². The molecule has 2 aromatic carbocycles. The number of hydrogen-bond donors (Lipinski definition) is 3. The predicted molar refractivity (Wildman–Crippen MR) is 99.3 cm³/mol. The molecule has 0 aliphatic carbocycles. The molecule has 3 rings (SSSR count). The number of aliphatic hydroxyl groups excluding tert-OH is 1. The van der Waals surface area contributed by atoms with Crippen LogP contribution in [0.3, 0.4) is 0 Å². The van der Waals surface area contributed by atoms with Gasteiger partial charge >= 0.3 is 0 Å². The van der Waals surface area contributed by atoms with E-state index in [0.717, 1.165) is 5.56 Å². The summed E-state index contributed by atoms with van der Waals surface area (Å²) in [5, 5.41) is 20.2. The van der Waals surface area contributed by atoms with E-state index in [2.05, 4.69) is 15.5 Å². The molecule has 1 amide bonds. The number of halogens is 1. The first kappa shape index (κ1) is 18.0. The predicted octanol–water partition coefficient (Wildman–Crippen LogP) is 3.20. The second-order valence-electron chi connectivity index (χ2n) is 5.64. The van der Waals surface area contributed by atoms with Crippen LogP contribution in [0.5, 0.6) is 5.75 Å². The first-order valence-corrected chi connectivity index (χ1v) is 8.36. The number of carbonyl (C=O) groups is 1. The number of aromatic nitrogens is 2. The molecule has 1 atom stereocenters. The van der Waals surface area contributed by atoms with Crippen molar-refractivity contribution in [3.63, 3.8) is 0 Å². The number of nitrogens with one attached hydrogen (secondary N) is 2. The number of carbonyl (C=O) groups excluding carboxylic acids is 1. The number of aliphatic hydroxyl groups is 1. The van der Waals surface area contributed by atoms with Crippen molar-refractivity contribution in [3.05, 3.63) is 70.9 Å². The molecule has 134 valence electrons. The van der Waals surface area contributed by atoms with Crippen LogP contribution in [0.15, 0.2) is 54.7 Å². The van der Waals surface area contributed by atoms with Crippen LogP contribution in [0.2, 0.25) is 5.02 Å². The van der Waals surface area contributed by atoms with Crippen molar-refractivity contribution >= 4 is 17.5 Å². The maximum absolute atomic E-state index is 12.5. The Bertz CT molecular complexity index is 910. The molecule has 3 N–H and O–H groups in total. The van der Waals surface area contributed by atoms with E-state index in [1.807, 2.05) is 24.3 Å². The Morgan fingerprint density at radius 3 is 2.88 bits per heavy atom. The lowest BCUT2D eigenvalue weighted by molar-refractivity contribution is 0.0917. The van der Waals surface area contributed by atoms with Crippen molar-refractivity contribution in [1.82, 2.24) is 15.5 Å². The van der Waals surface area contributed by atoms with Gasteiger partial charge in [0.1, 0.15) is 5.75 Å². The number of nitrogens with zero attached hydrogens (tertiary/aromatic N) is 1. The van der Waals surface area contributed by atoms with E-state index in [0.29, 0.717) is 27.6 Å². The third-order valence-electron chi connectivity index (χ3n) is 3.96. The first-order valence-electron chi connectivity index (χ1n) is 7.98. The van der Waals surface area contributed by atoms with Gasteiger partial charge in [0.05, 0.1) is 30.7 Å². The van der Waals surface area contributed by atoms with Gasteiger partial charge in [0, 0.05) is 22.7 Å². The molecule has 0 unspecified atom stereocenters. The molecule has 0 aliphatic rings. The van der Waals surface area contributed by atoms with E-state index >= 15 is 0 Å². The van der Waals surface area contributed by atoms with Gasteiger partial charge in [0.2, 0.25) is 0 Å². The van der Waals surface area contributed by atoms with Crippen LogP contribution in [0.25, 0.3) is 11.3 Å². The molecule has 7 heteroatoms. The minimum atomic E-state index is -0.903. The molecule has 3 aromatic rings. The molecule has 0 radical (unpaired) electrons. The van der Waals surface area contributed by atoms with Gasteiger partial charge in [-0.1, -0.05) is 41.9 Å². The van der Waals surface area contributed by atoms with E-state index in [1.165, 1.54) is 6.20 Å². The number of H-pyrrole nitrogens is 1. The van der Waals surface area contributed by atoms with Crippen LogP contribution >= 0.6 is 11.6 Å². The smallest absolute Gasteiger partial charge is 0.255 e. The third-order valence-corrected chi connectivity index (χ3v) is 4.31. The Kier molecular flexibility index (Phi) is 5.55. The Morgan fingerprint density at radius 2 is 2.12 bits per heavy atom. The zero-order chi connectivity index (χ0) is 18.5. The lowest BCUT2D eigenvalue weighted by Crippen LogP contribution is -2.28. The van der Waals surface area contributed by atoms with E-state index in [4.69, 9.17) is 16.3 Å². The number of aromatic amines is 1. The average molecular weight is 372 g/mol. The molecule has 1 aromatic heterocycles. The third kappa shape index (κ3) is 3.87. The maximum atomic E-state index is 12.5. The molecule has 6 nitrogen and oxygen atoms in total. The van der Waals surface area contributed by atoms with Crippen molar-refractivity contribution in [2.45, 2.75) is 6.10 Å². The minimum Gasteiger partial charge on any atom is -0.497 e. The monoisotopic (exact) mass is 371 g/mol. The van der Waals surface area contributed by atoms with Crippen molar-refractivity contribution in [2.24, 2.45) is 0 Å². The zero-order valence-corrected chi connectivity index (χ0v) is 14.8. The van der Waals surface area contributed by atoms with Crippen LogP contribution < -0.4 is 10.1 Å². The van der Waals surface area contributed by atoms with E-state index in [1.54, 1.807) is 31.4 Å². The lowest BCUT2D eigenvalue weighted by Gasteiger charge is -2.13. The van der Waals surface area contributed by atoms with Crippen LogP contribution in [0.1, 0.15) is 22.0 Å². The molecule has 26 heavy (non-hydrogen) atoms. The van der Waals surface area contributed by atoms with Crippen LogP contribution in [0, 0.1) is 0 Å². The van der Waals surface area contributed by atoms with Crippen molar-refractivity contribution in [3.8, 4) is 17.0 Å². The normalized spacial score (nSPS) is 11.8. The van der Waals surface area contributed by atoms with Gasteiger partial charge in [-0.05, 0) is 18.2 Å². The van der Waals surface area contributed by atoms with E-state index < -0.39 is 6.10 Å². The van der Waals surface area contributed by atoms with Gasteiger partial charge in [0.15, 0.2) is 0 Å². The molecule has 0 spiro atoms. The van der Waals surface area contributed by atoms with Gasteiger partial charge in [-0.15, -0.1) is 0 Å². The summed E-state index contributed by atoms with van der Waals surface area (Å²) in [6.45, 7) is 0.0330. The number of amides is 1. The molecule has 0 saturated heterocycles. The standard InChI is InChI=1S/C19H18ClN3O3/c1-26-13-6-4-5-12(9-13)18-15(10-22-23-18)19(25)21-11-17(24)14-7-2-3-8-16(14)20/h2-10,17,24H,11H2,1H3,(H,21,25)(H,22,23)/t17-/m0/s1. The molecule has 1 heterocycles. The Labute approximate surface area is 155 Å². The molecular formula is C19H18ClN3O3. The quantitative estimate of drug-likeness (QED) is 0.621. The zero-order valence-electron chi connectivity index (χ0n) is 14.1. The number of hydrogen-bond acceptors (Lipinski definition) is 4. The van der Waals surface area contributed by atoms with E-state index in [9.17, 15) is 9.90 Å². The highest BCUT2D eigenvalue weighted by Gasteiger charge is 2.18. The van der Waals surface area contributed by atoms with Gasteiger partial charge in [-0.25, -0.2) is 0 Å². The fraction of sp³-hybridized carbons (Fsp3) is 0.158. The van der Waals surface area contributed by atoms with Crippen LogP contribution in [-0.4, -0.2) is 34.9 Å². The minimum absolute atomic E-state index is 0.0330. The summed E-state index contributed by atoms with van der Waals surface area (Å²) in [6, 6.07) is 14.3. The summed E-state index contributed by atoms with van der Waals surface area (Å²) in [5.74, 6) is 0.334. The Hall–Kier alpha value is -2.83. The molecular weight excluding hydrogens is 354 g/mol. The number of ether oxygens (including phenoxy) is 1. The van der Waals surface area contributed by atoms with Crippen LogP contribution in [0.4, 0.5) is 0 Å². The highest BCUT2D eigenvalue weighted by molar-refractivity contribution is 6.31. The summed E-state index contributed by atoms with van der Waals surface area (Å²) in [4.78, 5) is 12.5. The van der Waals surface area contributed by atoms with E-state index in [-0.39, 0.29) is 12.5 Å². The summed E-state index contributed by atoms with van der Waals surface area (Å²) in [7, 11) is 1.58. The second kappa shape index (κ2) is 8.03. The topological polar surface area (TPSA) is 87.2 Å². The van der Waals surface area contributed by atoms with Gasteiger partial charge in [-0.2, -0.15) is 5.10 Å². The second-order valence-corrected chi connectivity index (χ2v) is 6.05. The first-order chi connectivity index (χ1) is 12.6. The number of benzene rings is 2. The Balaban J connectivity index is 1.73. The Morgan fingerprint density at radius 1 is 1.31 bits per heavy atom. The summed E-state index contributed by atoms with van der Waals surface area (Å²) >= 11 is 6.07. The summed E-state index contributed by atoms with van der Waals surface area (Å²) in [5.41, 5.74) is 2.30. The van der Waals surface area contributed by atoms with Crippen molar-refractivity contribution < 1.29 is 14.6 Å². The molecule has 0 saturated carbocycles. The SMILES string of the molecule is COc1cccc(-c2[nH]ncc2C(=O)NC[C@H](O)c2ccccc2Cl)c1. The highest BCUT2D eigenvalue weighted by atomic mass is 35.5. The van der Waals surface area contributed by atoms with Gasteiger partial charge in [0.25, 0.3) is 5.91 Å². The molecule has 0 fully saturated rings. The summed E-state index contributed by atoms with van der Waals surface area (Å²) in [6.07, 6.45) is 0.547. The fourth-order valence-corrected chi connectivity index (χ4v) is 2.86. The van der Waals surface area contributed by atoms with Gasteiger partial charge < -0.3 is 15.2 Å². The van der Waals surface area contributed by atoms with Crippen LogP contribution in [-0.2, 0) is 0 Å². The molecule has 0 bridgehead atoms.